The van der Waals surface area contributed by atoms with Crippen molar-refractivity contribution in [1.29, 1.82) is 0 Å². The normalized spacial score (nSPS) is 10.9. The Labute approximate surface area is 164 Å². The molecule has 0 amide bonds. The van der Waals surface area contributed by atoms with Crippen molar-refractivity contribution in [2.24, 2.45) is 0 Å². The van der Waals surface area contributed by atoms with Gasteiger partial charge >= 0.3 is 39.0 Å². The Morgan fingerprint density at radius 1 is 0.318 bits per heavy atom. The molecular formula is C16H36O4Zn2. The molecule has 0 atom stereocenters. The maximum Gasteiger partial charge on any atom is 2.00 e. The molecule has 0 fully saturated rings. The smallest absolute Gasteiger partial charge is 0.850 e. The third-order valence-electron chi connectivity index (χ3n) is 0. The first-order valence-corrected chi connectivity index (χ1v) is 6.82. The van der Waals surface area contributed by atoms with Gasteiger partial charge in [-0.25, -0.2) is 0 Å². The van der Waals surface area contributed by atoms with Gasteiger partial charge in [0.25, 0.3) is 0 Å². The number of hydrogen-bond donors (Lipinski definition) is 0. The van der Waals surface area contributed by atoms with Crippen LogP contribution in [0.1, 0.15) is 83.1 Å². The van der Waals surface area contributed by atoms with Gasteiger partial charge in [-0.05, 0) is 0 Å². The maximum atomic E-state index is 10.1. The van der Waals surface area contributed by atoms with Gasteiger partial charge in [0.05, 0.1) is 0 Å². The molecule has 0 spiro atoms. The van der Waals surface area contributed by atoms with Gasteiger partial charge in [0.1, 0.15) is 0 Å². The zero-order valence-corrected chi connectivity index (χ0v) is 23.0. The molecule has 0 aromatic heterocycles. The Balaban J connectivity index is -0.0000000376. The summed E-state index contributed by atoms with van der Waals surface area (Å²) in [5, 5.41) is 40.4. The fourth-order valence-electron chi connectivity index (χ4n) is 0. The van der Waals surface area contributed by atoms with Crippen LogP contribution < -0.4 is 20.4 Å². The van der Waals surface area contributed by atoms with E-state index in [0.717, 1.165) is 0 Å². The minimum atomic E-state index is -0.750. The van der Waals surface area contributed by atoms with Crippen LogP contribution in [0.25, 0.3) is 0 Å². The molecule has 0 aromatic rings. The van der Waals surface area contributed by atoms with Crippen molar-refractivity contribution in [3.05, 3.63) is 0 Å². The van der Waals surface area contributed by atoms with Crippen LogP contribution in [0, 0.1) is 0 Å². The molecule has 0 aliphatic heterocycles. The van der Waals surface area contributed by atoms with E-state index in [-0.39, 0.29) is 39.0 Å². The van der Waals surface area contributed by atoms with E-state index >= 15 is 0 Å². The molecule has 4 nitrogen and oxygen atoms in total. The molecule has 0 N–H and O–H groups in total. The first kappa shape index (κ1) is 38.6. The zero-order chi connectivity index (χ0) is 18.0. The van der Waals surface area contributed by atoms with E-state index in [0.29, 0.717) is 0 Å². The van der Waals surface area contributed by atoms with Crippen molar-refractivity contribution in [3.8, 4) is 0 Å². The third-order valence-corrected chi connectivity index (χ3v) is 0. The van der Waals surface area contributed by atoms with Crippen LogP contribution in [0.15, 0.2) is 0 Å². The molecule has 0 bridgehead atoms. The largest absolute Gasteiger partial charge is 2.00 e. The van der Waals surface area contributed by atoms with Gasteiger partial charge in [0.2, 0.25) is 0 Å². The summed E-state index contributed by atoms with van der Waals surface area (Å²) in [6.45, 7) is 19.6. The second-order valence-electron chi connectivity index (χ2n) is 8.45. The fourth-order valence-corrected chi connectivity index (χ4v) is 0. The molecule has 22 heavy (non-hydrogen) atoms. The molecular weight excluding hydrogens is 387 g/mol. The van der Waals surface area contributed by atoms with Crippen molar-refractivity contribution in [1.82, 2.24) is 0 Å². The summed E-state index contributed by atoms with van der Waals surface area (Å²) in [5.74, 6) is 0. The second-order valence-corrected chi connectivity index (χ2v) is 8.45. The minimum Gasteiger partial charge on any atom is -0.850 e. The predicted molar refractivity (Wildman–Crippen MR) is 79.0 cm³/mol. The third kappa shape index (κ3) is 7200. The van der Waals surface area contributed by atoms with E-state index in [2.05, 4.69) is 0 Å². The fraction of sp³-hybridized carbons (Fsp3) is 1.00. The summed E-state index contributed by atoms with van der Waals surface area (Å²) in [6, 6.07) is 0. The summed E-state index contributed by atoms with van der Waals surface area (Å²) in [4.78, 5) is 0. The van der Waals surface area contributed by atoms with Gasteiger partial charge < -0.3 is 20.4 Å². The summed E-state index contributed by atoms with van der Waals surface area (Å²) in [6.07, 6.45) is 0. The number of rotatable bonds is 0. The average molecular weight is 423 g/mol. The van der Waals surface area contributed by atoms with E-state index < -0.39 is 22.4 Å². The van der Waals surface area contributed by atoms with Crippen LogP contribution in [-0.2, 0) is 39.0 Å². The van der Waals surface area contributed by atoms with E-state index in [4.69, 9.17) is 0 Å². The molecule has 0 unspecified atom stereocenters. The Kier molecular flexibility index (Phi) is 27.4. The van der Waals surface area contributed by atoms with Crippen molar-refractivity contribution in [2.45, 2.75) is 105 Å². The van der Waals surface area contributed by atoms with Crippen LogP contribution >= 0.6 is 0 Å². The van der Waals surface area contributed by atoms with E-state index in [9.17, 15) is 20.4 Å². The molecule has 0 radical (unpaired) electrons. The number of hydrogen-bond acceptors (Lipinski definition) is 4. The minimum absolute atomic E-state index is 0. The van der Waals surface area contributed by atoms with Gasteiger partial charge in [-0.2, -0.15) is 0 Å². The molecule has 0 aliphatic rings. The van der Waals surface area contributed by atoms with Crippen molar-refractivity contribution in [3.63, 3.8) is 0 Å². The Morgan fingerprint density at radius 2 is 0.318 bits per heavy atom. The molecule has 0 saturated carbocycles. The van der Waals surface area contributed by atoms with Crippen LogP contribution in [0.4, 0.5) is 0 Å². The van der Waals surface area contributed by atoms with Crippen LogP contribution in [0.5, 0.6) is 0 Å². The summed E-state index contributed by atoms with van der Waals surface area (Å²) >= 11 is 0. The maximum absolute atomic E-state index is 10.1. The second kappa shape index (κ2) is 15.6. The van der Waals surface area contributed by atoms with Gasteiger partial charge in [0.15, 0.2) is 0 Å². The molecule has 6 heteroatoms. The van der Waals surface area contributed by atoms with Gasteiger partial charge in [-0.3, -0.25) is 0 Å². The van der Waals surface area contributed by atoms with E-state index in [1.54, 1.807) is 83.1 Å². The topological polar surface area (TPSA) is 92.2 Å². The van der Waals surface area contributed by atoms with Crippen molar-refractivity contribution >= 4 is 0 Å². The van der Waals surface area contributed by atoms with E-state index in [1.165, 1.54) is 0 Å². The van der Waals surface area contributed by atoms with E-state index in [1.807, 2.05) is 0 Å². The molecule has 0 saturated heterocycles. The predicted octanol–water partition coefficient (Wildman–Crippen LogP) is 0.576. The Hall–Kier alpha value is 1.09. The molecule has 128 valence electrons. The first-order valence-electron chi connectivity index (χ1n) is 6.82. The Morgan fingerprint density at radius 3 is 0.318 bits per heavy atom. The SMILES string of the molecule is CC(C)(C)[O-].CC(C)(C)[O-].CC(C)(C)[O-].CC(C)(C)[O-].[Zn+2].[Zn+2]. The van der Waals surface area contributed by atoms with Gasteiger partial charge in [-0.15, -0.1) is 22.4 Å². The molecule has 0 aromatic carbocycles. The van der Waals surface area contributed by atoms with Crippen LogP contribution in [0.3, 0.4) is 0 Å². The van der Waals surface area contributed by atoms with Gasteiger partial charge in [0, 0.05) is 0 Å². The zero-order valence-electron chi connectivity index (χ0n) is 17.0. The first-order chi connectivity index (χ1) is 8.00. The summed E-state index contributed by atoms with van der Waals surface area (Å²) < 4.78 is 0. The molecule has 0 rings (SSSR count). The average Bonchev–Trinajstić information content (AvgIpc) is 1.62. The van der Waals surface area contributed by atoms with Gasteiger partial charge in [-0.1, -0.05) is 83.1 Å². The summed E-state index contributed by atoms with van der Waals surface area (Å²) in [7, 11) is 0. The van der Waals surface area contributed by atoms with Crippen molar-refractivity contribution in [2.75, 3.05) is 0 Å². The summed E-state index contributed by atoms with van der Waals surface area (Å²) in [5.41, 5.74) is -3.00. The quantitative estimate of drug-likeness (QED) is 0.533. The monoisotopic (exact) mass is 420 g/mol. The van der Waals surface area contributed by atoms with Crippen LogP contribution in [0.2, 0.25) is 0 Å². The Bertz CT molecular complexity index is 134. The molecule has 0 heterocycles. The van der Waals surface area contributed by atoms with Crippen molar-refractivity contribution < 1.29 is 59.4 Å². The molecule has 0 aliphatic carbocycles. The standard InChI is InChI=1S/4C4H9O.2Zn/c4*1-4(2,3)5;;/h4*1-3H3;;/q4*-1;2*+2. The van der Waals surface area contributed by atoms with Crippen LogP contribution in [-0.4, -0.2) is 22.4 Å².